The molecule has 1 aromatic rings. The Morgan fingerprint density at radius 3 is 2.25 bits per heavy atom. The smallest absolute Gasteiger partial charge is 0.168 e. The van der Waals surface area contributed by atoms with E-state index in [4.69, 9.17) is 0 Å². The molecule has 2 heteroatoms. The van der Waals surface area contributed by atoms with Gasteiger partial charge in [-0.15, -0.1) is 0 Å². The molecule has 0 aliphatic rings. The second kappa shape index (κ2) is 7.29. The number of pyridine rings is 1. The SMILES string of the molecule is CCCCC[n+]1ccccc1.[Br-]. The number of aromatic nitrogens is 1. The zero-order chi connectivity index (χ0) is 7.94. The molecular weight excluding hydrogens is 214 g/mol. The van der Waals surface area contributed by atoms with Crippen molar-refractivity contribution in [2.75, 3.05) is 0 Å². The highest BCUT2D eigenvalue weighted by molar-refractivity contribution is 4.83. The minimum absolute atomic E-state index is 0. The summed E-state index contributed by atoms with van der Waals surface area (Å²) in [6.45, 7) is 3.39. The maximum absolute atomic E-state index is 2.23. The third-order valence-electron chi connectivity index (χ3n) is 1.80. The third kappa shape index (κ3) is 4.50. The third-order valence-corrected chi connectivity index (χ3v) is 1.80. The number of aryl methyl sites for hydroxylation is 1. The predicted octanol–water partition coefficient (Wildman–Crippen LogP) is -0.832. The van der Waals surface area contributed by atoms with Crippen LogP contribution in [0, 0.1) is 0 Å². The second-order valence-electron chi connectivity index (χ2n) is 2.82. The van der Waals surface area contributed by atoms with Gasteiger partial charge in [0.25, 0.3) is 0 Å². The predicted molar refractivity (Wildman–Crippen MR) is 46.2 cm³/mol. The topological polar surface area (TPSA) is 3.88 Å². The van der Waals surface area contributed by atoms with Crippen LogP contribution in [-0.4, -0.2) is 0 Å². The quantitative estimate of drug-likeness (QED) is 0.469. The van der Waals surface area contributed by atoms with Crippen LogP contribution in [0.4, 0.5) is 0 Å². The molecule has 0 N–H and O–H groups in total. The summed E-state index contributed by atoms with van der Waals surface area (Å²) in [6, 6.07) is 6.20. The molecule has 0 unspecified atom stereocenters. The highest BCUT2D eigenvalue weighted by atomic mass is 79.9. The van der Waals surface area contributed by atoms with Gasteiger partial charge in [-0.3, -0.25) is 0 Å². The lowest BCUT2D eigenvalue weighted by Crippen LogP contribution is -3.00. The van der Waals surface area contributed by atoms with Gasteiger partial charge in [-0.05, 0) is 6.42 Å². The summed E-state index contributed by atoms with van der Waals surface area (Å²) in [4.78, 5) is 0. The van der Waals surface area contributed by atoms with Crippen molar-refractivity contribution in [1.29, 1.82) is 0 Å². The molecule has 0 amide bonds. The molecule has 0 aliphatic heterocycles. The van der Waals surface area contributed by atoms with Crippen molar-refractivity contribution < 1.29 is 21.5 Å². The number of unbranched alkanes of at least 4 members (excludes halogenated alkanes) is 2. The Morgan fingerprint density at radius 2 is 1.67 bits per heavy atom. The summed E-state index contributed by atoms with van der Waals surface area (Å²) in [7, 11) is 0. The Balaban J connectivity index is 0.00000121. The molecule has 68 valence electrons. The van der Waals surface area contributed by atoms with Crippen molar-refractivity contribution >= 4 is 0 Å². The highest BCUT2D eigenvalue weighted by Crippen LogP contribution is 1.92. The van der Waals surface area contributed by atoms with Crippen LogP contribution < -0.4 is 21.5 Å². The minimum atomic E-state index is 0. The van der Waals surface area contributed by atoms with Gasteiger partial charge in [0.1, 0.15) is 6.54 Å². The summed E-state index contributed by atoms with van der Waals surface area (Å²) < 4.78 is 2.23. The van der Waals surface area contributed by atoms with Crippen LogP contribution in [-0.2, 0) is 6.54 Å². The summed E-state index contributed by atoms with van der Waals surface area (Å²) >= 11 is 0. The highest BCUT2D eigenvalue weighted by Gasteiger charge is 1.94. The van der Waals surface area contributed by atoms with Gasteiger partial charge in [-0.2, -0.15) is 0 Å². The van der Waals surface area contributed by atoms with Crippen molar-refractivity contribution in [2.24, 2.45) is 0 Å². The Morgan fingerprint density at radius 1 is 1.00 bits per heavy atom. The molecule has 0 bridgehead atoms. The van der Waals surface area contributed by atoms with Crippen molar-refractivity contribution in [1.82, 2.24) is 0 Å². The van der Waals surface area contributed by atoms with Crippen LogP contribution in [0.25, 0.3) is 0 Å². The Bertz CT molecular complexity index is 186. The number of halogens is 1. The first-order chi connectivity index (χ1) is 5.43. The number of hydrogen-bond acceptors (Lipinski definition) is 0. The number of nitrogens with zero attached hydrogens (tertiary/aromatic N) is 1. The molecular formula is C10H16BrN. The molecule has 0 radical (unpaired) electrons. The van der Waals surface area contributed by atoms with E-state index in [-0.39, 0.29) is 17.0 Å². The molecule has 0 fully saturated rings. The molecule has 1 heterocycles. The molecule has 0 saturated heterocycles. The van der Waals surface area contributed by atoms with Crippen molar-refractivity contribution in [3.8, 4) is 0 Å². The van der Waals surface area contributed by atoms with E-state index in [0.717, 1.165) is 6.54 Å². The second-order valence-corrected chi connectivity index (χ2v) is 2.82. The van der Waals surface area contributed by atoms with Crippen molar-refractivity contribution in [3.05, 3.63) is 30.6 Å². The Labute approximate surface area is 85.2 Å². The number of hydrogen-bond donors (Lipinski definition) is 0. The molecule has 1 nitrogen and oxygen atoms in total. The summed E-state index contributed by atoms with van der Waals surface area (Å²) in [5.74, 6) is 0. The van der Waals surface area contributed by atoms with E-state index in [1.54, 1.807) is 0 Å². The van der Waals surface area contributed by atoms with Gasteiger partial charge in [0.2, 0.25) is 0 Å². The lowest BCUT2D eigenvalue weighted by molar-refractivity contribution is -0.697. The van der Waals surface area contributed by atoms with Crippen LogP contribution >= 0.6 is 0 Å². The van der Waals surface area contributed by atoms with E-state index in [0.29, 0.717) is 0 Å². The molecule has 0 aromatic carbocycles. The van der Waals surface area contributed by atoms with Crippen molar-refractivity contribution in [3.63, 3.8) is 0 Å². The summed E-state index contributed by atoms with van der Waals surface area (Å²) in [6.07, 6.45) is 8.17. The molecule has 1 aromatic heterocycles. The van der Waals surface area contributed by atoms with Gasteiger partial charge in [-0.1, -0.05) is 19.4 Å². The average Bonchev–Trinajstić information content (AvgIpc) is 2.07. The van der Waals surface area contributed by atoms with E-state index in [9.17, 15) is 0 Å². The zero-order valence-electron chi connectivity index (χ0n) is 7.54. The lowest BCUT2D eigenvalue weighted by Gasteiger charge is -1.93. The number of rotatable bonds is 4. The van der Waals surface area contributed by atoms with Gasteiger partial charge in [0.05, 0.1) is 0 Å². The Hall–Kier alpha value is -0.370. The van der Waals surface area contributed by atoms with Crippen LogP contribution in [0.3, 0.4) is 0 Å². The fourth-order valence-electron chi connectivity index (χ4n) is 1.13. The van der Waals surface area contributed by atoms with Crippen LogP contribution in [0.1, 0.15) is 26.2 Å². The van der Waals surface area contributed by atoms with E-state index in [2.05, 4.69) is 42.1 Å². The maximum atomic E-state index is 2.23. The van der Waals surface area contributed by atoms with Gasteiger partial charge < -0.3 is 17.0 Å². The lowest BCUT2D eigenvalue weighted by atomic mass is 10.2. The van der Waals surface area contributed by atoms with E-state index < -0.39 is 0 Å². The first kappa shape index (κ1) is 11.6. The van der Waals surface area contributed by atoms with E-state index >= 15 is 0 Å². The molecule has 0 atom stereocenters. The fourth-order valence-corrected chi connectivity index (χ4v) is 1.13. The first-order valence-corrected chi connectivity index (χ1v) is 4.37. The Kier molecular flexibility index (Phi) is 7.06. The van der Waals surface area contributed by atoms with Gasteiger partial charge in [0.15, 0.2) is 12.4 Å². The van der Waals surface area contributed by atoms with Gasteiger partial charge >= 0.3 is 0 Å². The minimum Gasteiger partial charge on any atom is -1.00 e. The van der Waals surface area contributed by atoms with Crippen LogP contribution in [0.5, 0.6) is 0 Å². The van der Waals surface area contributed by atoms with Gasteiger partial charge in [-0.25, -0.2) is 4.57 Å². The molecule has 1 rings (SSSR count). The fraction of sp³-hybridized carbons (Fsp3) is 0.500. The normalized spacial score (nSPS) is 9.08. The zero-order valence-corrected chi connectivity index (χ0v) is 9.13. The summed E-state index contributed by atoms with van der Waals surface area (Å²) in [5.41, 5.74) is 0. The van der Waals surface area contributed by atoms with Crippen LogP contribution in [0.15, 0.2) is 30.6 Å². The van der Waals surface area contributed by atoms with Gasteiger partial charge in [0, 0.05) is 18.6 Å². The maximum Gasteiger partial charge on any atom is 0.168 e. The average molecular weight is 230 g/mol. The van der Waals surface area contributed by atoms with E-state index in [1.165, 1.54) is 19.3 Å². The monoisotopic (exact) mass is 229 g/mol. The molecule has 12 heavy (non-hydrogen) atoms. The molecule has 0 aliphatic carbocycles. The standard InChI is InChI=1S/C10H16N.BrH/c1-2-3-5-8-11-9-6-4-7-10-11;/h4,6-7,9-10H,2-3,5,8H2,1H3;1H/q+1;/p-1. The van der Waals surface area contributed by atoms with E-state index in [1.807, 2.05) is 0 Å². The largest absolute Gasteiger partial charge is 1.00 e. The van der Waals surface area contributed by atoms with Crippen molar-refractivity contribution in [2.45, 2.75) is 32.7 Å². The first-order valence-electron chi connectivity index (χ1n) is 4.37. The van der Waals surface area contributed by atoms with Crippen LogP contribution in [0.2, 0.25) is 0 Å². The summed E-state index contributed by atoms with van der Waals surface area (Å²) in [5, 5.41) is 0. The molecule has 0 saturated carbocycles. The molecule has 0 spiro atoms.